The second kappa shape index (κ2) is 6.89. The van der Waals surface area contributed by atoms with Gasteiger partial charge in [-0.2, -0.15) is 10.4 Å². The zero-order valence-corrected chi connectivity index (χ0v) is 13.8. The number of rotatable bonds is 4. The molecule has 0 radical (unpaired) electrons. The van der Waals surface area contributed by atoms with E-state index in [4.69, 9.17) is 5.26 Å². The van der Waals surface area contributed by atoms with Gasteiger partial charge < -0.3 is 5.32 Å². The van der Waals surface area contributed by atoms with Gasteiger partial charge in [0.05, 0.1) is 17.2 Å². The maximum atomic E-state index is 11.9. The highest BCUT2D eigenvalue weighted by atomic mass is 79.9. The highest BCUT2D eigenvalue weighted by Gasteiger charge is 2.29. The van der Waals surface area contributed by atoms with Gasteiger partial charge >= 0.3 is 0 Å². The van der Waals surface area contributed by atoms with Crippen LogP contribution in [0.5, 0.6) is 0 Å². The SMILES string of the molecule is N#C/C(=N/Nc1ccc(Br)cc1)C(=O)N[C@@H]1CCS(=O)(=O)C1. The van der Waals surface area contributed by atoms with E-state index in [-0.39, 0.29) is 17.2 Å². The topological polar surface area (TPSA) is 111 Å². The van der Waals surface area contributed by atoms with E-state index >= 15 is 0 Å². The normalized spacial score (nSPS) is 20.2. The number of nitrogens with zero attached hydrogens (tertiary/aromatic N) is 2. The molecule has 1 fully saturated rings. The Morgan fingerprint density at radius 1 is 1.36 bits per heavy atom. The Morgan fingerprint density at radius 2 is 2.05 bits per heavy atom. The number of amides is 1. The van der Waals surface area contributed by atoms with Crippen molar-refractivity contribution in [1.82, 2.24) is 5.32 Å². The number of hydrazone groups is 1. The van der Waals surface area contributed by atoms with Crippen molar-refractivity contribution in [2.45, 2.75) is 12.5 Å². The average Bonchev–Trinajstić information content (AvgIpc) is 2.80. The third-order valence-corrected chi connectivity index (χ3v) is 5.33. The molecular formula is C13H13BrN4O3S. The van der Waals surface area contributed by atoms with Gasteiger partial charge in [0.15, 0.2) is 9.84 Å². The minimum Gasteiger partial charge on any atom is -0.346 e. The van der Waals surface area contributed by atoms with Crippen LogP contribution >= 0.6 is 15.9 Å². The van der Waals surface area contributed by atoms with E-state index in [1.807, 2.05) is 0 Å². The van der Waals surface area contributed by atoms with Crippen LogP contribution in [0.4, 0.5) is 5.69 Å². The highest BCUT2D eigenvalue weighted by Crippen LogP contribution is 2.14. The second-order valence-electron chi connectivity index (χ2n) is 4.76. The summed E-state index contributed by atoms with van der Waals surface area (Å²) in [5, 5.41) is 15.2. The Hall–Kier alpha value is -1.92. The molecule has 0 unspecified atom stereocenters. The number of carbonyl (C=O) groups excluding carboxylic acids is 1. The van der Waals surface area contributed by atoms with E-state index in [1.54, 1.807) is 30.3 Å². The summed E-state index contributed by atoms with van der Waals surface area (Å²) < 4.78 is 23.6. The van der Waals surface area contributed by atoms with Crippen LogP contribution in [0.15, 0.2) is 33.8 Å². The summed E-state index contributed by atoms with van der Waals surface area (Å²) in [6, 6.07) is 8.25. The number of halogens is 1. The molecule has 0 bridgehead atoms. The number of carbonyl (C=O) groups is 1. The predicted octanol–water partition coefficient (Wildman–Crippen LogP) is 1.04. The predicted molar refractivity (Wildman–Crippen MR) is 86.0 cm³/mol. The minimum atomic E-state index is -3.09. The Morgan fingerprint density at radius 3 is 2.59 bits per heavy atom. The Labute approximate surface area is 136 Å². The Bertz CT molecular complexity index is 738. The number of anilines is 1. The first kappa shape index (κ1) is 16.5. The van der Waals surface area contributed by atoms with Gasteiger partial charge in [-0.05, 0) is 30.7 Å². The van der Waals surface area contributed by atoms with E-state index < -0.39 is 21.8 Å². The Kier molecular flexibility index (Phi) is 5.15. The second-order valence-corrected chi connectivity index (χ2v) is 7.91. The summed E-state index contributed by atoms with van der Waals surface area (Å²) in [6.45, 7) is 0. The number of nitriles is 1. The van der Waals surface area contributed by atoms with E-state index in [9.17, 15) is 13.2 Å². The fourth-order valence-corrected chi connectivity index (χ4v) is 3.87. The molecule has 1 amide bonds. The van der Waals surface area contributed by atoms with Crippen molar-refractivity contribution in [1.29, 1.82) is 5.26 Å². The maximum absolute atomic E-state index is 11.9. The third kappa shape index (κ3) is 4.54. The monoisotopic (exact) mass is 384 g/mol. The number of hydrogen-bond acceptors (Lipinski definition) is 6. The van der Waals surface area contributed by atoms with Crippen molar-refractivity contribution in [2.75, 3.05) is 16.9 Å². The molecule has 1 heterocycles. The van der Waals surface area contributed by atoms with E-state index in [2.05, 4.69) is 31.8 Å². The largest absolute Gasteiger partial charge is 0.346 e. The smallest absolute Gasteiger partial charge is 0.282 e. The molecule has 1 aromatic rings. The van der Waals surface area contributed by atoms with Gasteiger partial charge in [0.1, 0.15) is 6.07 Å². The molecule has 0 spiro atoms. The average molecular weight is 385 g/mol. The summed E-state index contributed by atoms with van der Waals surface area (Å²) in [4.78, 5) is 11.9. The molecule has 1 aliphatic heterocycles. The van der Waals surface area contributed by atoms with Crippen molar-refractivity contribution in [3.05, 3.63) is 28.7 Å². The zero-order chi connectivity index (χ0) is 16.2. The number of hydrogen-bond donors (Lipinski definition) is 2. The molecule has 0 aromatic heterocycles. The molecular weight excluding hydrogens is 372 g/mol. The Balaban J connectivity index is 1.98. The molecule has 7 nitrogen and oxygen atoms in total. The molecule has 1 atom stereocenters. The van der Waals surface area contributed by atoms with Crippen molar-refractivity contribution in [2.24, 2.45) is 5.10 Å². The van der Waals surface area contributed by atoms with Crippen molar-refractivity contribution >= 4 is 43.1 Å². The lowest BCUT2D eigenvalue weighted by atomic mass is 10.2. The molecule has 2 rings (SSSR count). The van der Waals surface area contributed by atoms with E-state index in [1.165, 1.54) is 0 Å². The molecule has 1 aliphatic rings. The first-order valence-electron chi connectivity index (χ1n) is 6.40. The minimum absolute atomic E-state index is 0.0497. The first-order valence-corrected chi connectivity index (χ1v) is 9.02. The summed E-state index contributed by atoms with van der Waals surface area (Å²) in [6.07, 6.45) is 0.354. The maximum Gasteiger partial charge on any atom is 0.282 e. The standard InChI is InChI=1S/C13H13BrN4O3S/c14-9-1-3-10(4-2-9)17-18-12(7-15)13(19)16-11-5-6-22(20,21)8-11/h1-4,11,17H,5-6,8H2,(H,16,19)/b18-12-/t11-/m1/s1. The van der Waals surface area contributed by atoms with Gasteiger partial charge in [-0.3, -0.25) is 10.2 Å². The first-order chi connectivity index (χ1) is 10.4. The molecule has 116 valence electrons. The van der Waals surface area contributed by atoms with Crippen LogP contribution in [0.2, 0.25) is 0 Å². The lowest BCUT2D eigenvalue weighted by Gasteiger charge is -2.09. The van der Waals surface area contributed by atoms with Crippen molar-refractivity contribution < 1.29 is 13.2 Å². The zero-order valence-electron chi connectivity index (χ0n) is 11.4. The van der Waals surface area contributed by atoms with Crippen LogP contribution in [0, 0.1) is 11.3 Å². The lowest BCUT2D eigenvalue weighted by Crippen LogP contribution is -2.39. The molecule has 0 aliphatic carbocycles. The van der Waals surface area contributed by atoms with Crippen LogP contribution < -0.4 is 10.7 Å². The van der Waals surface area contributed by atoms with Gasteiger partial charge in [0.25, 0.3) is 5.91 Å². The highest BCUT2D eigenvalue weighted by molar-refractivity contribution is 9.10. The summed E-state index contributed by atoms with van der Waals surface area (Å²) in [7, 11) is -3.09. The summed E-state index contributed by atoms with van der Waals surface area (Å²) >= 11 is 3.29. The van der Waals surface area contributed by atoms with Crippen LogP contribution in [0.25, 0.3) is 0 Å². The van der Waals surface area contributed by atoms with Gasteiger partial charge in [0.2, 0.25) is 5.71 Å². The molecule has 9 heteroatoms. The van der Waals surface area contributed by atoms with Gasteiger partial charge in [0, 0.05) is 10.5 Å². The van der Waals surface area contributed by atoms with Gasteiger partial charge in [-0.1, -0.05) is 15.9 Å². The fraction of sp³-hybridized carbons (Fsp3) is 0.308. The third-order valence-electron chi connectivity index (χ3n) is 3.03. The van der Waals surface area contributed by atoms with E-state index in [0.29, 0.717) is 12.1 Å². The molecule has 1 saturated heterocycles. The lowest BCUT2D eigenvalue weighted by molar-refractivity contribution is -0.115. The van der Waals surface area contributed by atoms with Gasteiger partial charge in [-0.15, -0.1) is 0 Å². The molecule has 0 saturated carbocycles. The van der Waals surface area contributed by atoms with Crippen molar-refractivity contribution in [3.8, 4) is 6.07 Å². The fourth-order valence-electron chi connectivity index (χ4n) is 1.93. The molecule has 2 N–H and O–H groups in total. The molecule has 1 aromatic carbocycles. The van der Waals surface area contributed by atoms with Crippen LogP contribution in [0.1, 0.15) is 6.42 Å². The quantitative estimate of drug-likeness (QED) is 0.594. The summed E-state index contributed by atoms with van der Waals surface area (Å²) in [5.74, 6) is -0.736. The van der Waals surface area contributed by atoms with Gasteiger partial charge in [-0.25, -0.2) is 8.42 Å². The van der Waals surface area contributed by atoms with E-state index in [0.717, 1.165) is 4.47 Å². The van der Waals surface area contributed by atoms with Crippen LogP contribution in [-0.2, 0) is 14.6 Å². The van der Waals surface area contributed by atoms with Crippen LogP contribution in [0.3, 0.4) is 0 Å². The number of sulfone groups is 1. The number of benzene rings is 1. The van der Waals surface area contributed by atoms with Crippen LogP contribution in [-0.4, -0.2) is 37.6 Å². The molecule has 22 heavy (non-hydrogen) atoms. The number of nitrogens with one attached hydrogen (secondary N) is 2. The van der Waals surface area contributed by atoms with Crippen molar-refractivity contribution in [3.63, 3.8) is 0 Å². The summed E-state index contributed by atoms with van der Waals surface area (Å²) in [5.41, 5.74) is 2.87.